The molecule has 1 aliphatic rings. The highest BCUT2D eigenvalue weighted by atomic mass is 32.1. The van der Waals surface area contributed by atoms with E-state index in [1.165, 1.54) is 28.2 Å². The average Bonchev–Trinajstić information content (AvgIpc) is 3.19. The van der Waals surface area contributed by atoms with Crippen LogP contribution in [0.5, 0.6) is 5.88 Å². The van der Waals surface area contributed by atoms with Gasteiger partial charge in [0.2, 0.25) is 10.8 Å². The van der Waals surface area contributed by atoms with Gasteiger partial charge in [-0.1, -0.05) is 37.3 Å². The second-order valence-corrected chi connectivity index (χ2v) is 8.41. The summed E-state index contributed by atoms with van der Waals surface area (Å²) in [5.41, 5.74) is 0.847. The van der Waals surface area contributed by atoms with Crippen molar-refractivity contribution in [3.63, 3.8) is 0 Å². The molecule has 0 radical (unpaired) electrons. The number of non-ortho nitro benzene ring substituents is 1. The van der Waals surface area contributed by atoms with Crippen LogP contribution in [0.4, 0.5) is 5.69 Å². The monoisotopic (exact) mass is 387 g/mol. The molecule has 0 bridgehead atoms. The number of hydrogen-bond acceptors (Lipinski definition) is 7. The number of hydrogen-bond donors (Lipinski definition) is 1. The van der Waals surface area contributed by atoms with Crippen LogP contribution in [-0.4, -0.2) is 42.6 Å². The zero-order valence-corrected chi connectivity index (χ0v) is 16.0. The van der Waals surface area contributed by atoms with Crippen molar-refractivity contribution < 1.29 is 10.0 Å². The standard InChI is InChI=1S/C18H21N5O3S/c1-11-6-12(2)9-21(8-11)15(13-4-3-5-14(7-13)23(25)26)16-17(24)22-18(27-16)19-10-20-22/h3-5,7,10-12,15,24H,6,8-9H2,1-2H3. The minimum atomic E-state index is -0.384. The van der Waals surface area contributed by atoms with Crippen LogP contribution in [0.3, 0.4) is 0 Å². The number of piperidine rings is 1. The summed E-state index contributed by atoms with van der Waals surface area (Å²) >= 11 is 1.37. The highest BCUT2D eigenvalue weighted by molar-refractivity contribution is 7.17. The van der Waals surface area contributed by atoms with Gasteiger partial charge in [0.25, 0.3) is 5.69 Å². The van der Waals surface area contributed by atoms with Crippen LogP contribution in [-0.2, 0) is 0 Å². The Kier molecular flexibility index (Phi) is 4.56. The zero-order valence-electron chi connectivity index (χ0n) is 15.1. The Morgan fingerprint density at radius 1 is 1.33 bits per heavy atom. The molecule has 2 aromatic heterocycles. The molecule has 1 fully saturated rings. The van der Waals surface area contributed by atoms with Gasteiger partial charge in [-0.25, -0.2) is 4.98 Å². The summed E-state index contributed by atoms with van der Waals surface area (Å²) in [4.78, 5) is 18.7. The van der Waals surface area contributed by atoms with Gasteiger partial charge in [-0.05, 0) is 23.8 Å². The maximum absolute atomic E-state index is 11.3. The van der Waals surface area contributed by atoms with Crippen LogP contribution in [0.25, 0.3) is 4.96 Å². The van der Waals surface area contributed by atoms with Crippen LogP contribution in [0.15, 0.2) is 30.6 Å². The molecule has 3 unspecified atom stereocenters. The lowest BCUT2D eigenvalue weighted by Gasteiger charge is -2.39. The van der Waals surface area contributed by atoms with Crippen molar-refractivity contribution in [2.45, 2.75) is 26.3 Å². The predicted octanol–water partition coefficient (Wildman–Crippen LogP) is 3.47. The molecule has 4 rings (SSSR count). The number of benzene rings is 1. The highest BCUT2D eigenvalue weighted by Gasteiger charge is 2.34. The first kappa shape index (κ1) is 17.9. The summed E-state index contributed by atoms with van der Waals surface area (Å²) in [6.07, 6.45) is 2.56. The minimum Gasteiger partial charge on any atom is -0.492 e. The molecule has 0 saturated carbocycles. The van der Waals surface area contributed by atoms with Gasteiger partial charge in [-0.15, -0.1) is 0 Å². The maximum Gasteiger partial charge on any atom is 0.269 e. The lowest BCUT2D eigenvalue weighted by molar-refractivity contribution is -0.384. The smallest absolute Gasteiger partial charge is 0.269 e. The van der Waals surface area contributed by atoms with Crippen LogP contribution in [0, 0.1) is 22.0 Å². The van der Waals surface area contributed by atoms with Crippen molar-refractivity contribution in [2.24, 2.45) is 11.8 Å². The third kappa shape index (κ3) is 3.28. The largest absolute Gasteiger partial charge is 0.492 e. The molecule has 0 amide bonds. The molecule has 3 atom stereocenters. The van der Waals surface area contributed by atoms with E-state index in [4.69, 9.17) is 0 Å². The number of aromatic hydroxyl groups is 1. The fraction of sp³-hybridized carbons (Fsp3) is 0.444. The van der Waals surface area contributed by atoms with Gasteiger partial charge >= 0.3 is 0 Å². The SMILES string of the molecule is CC1CC(C)CN(C(c2cccc([N+](=O)[O-])c2)c2sc3ncnn3c2O)C1. The van der Waals surface area contributed by atoms with Gasteiger partial charge in [0, 0.05) is 25.2 Å². The summed E-state index contributed by atoms with van der Waals surface area (Å²) in [6, 6.07) is 6.40. The summed E-state index contributed by atoms with van der Waals surface area (Å²) < 4.78 is 1.42. The lowest BCUT2D eigenvalue weighted by Crippen LogP contribution is -2.41. The molecule has 8 nitrogen and oxygen atoms in total. The molecule has 9 heteroatoms. The normalized spacial score (nSPS) is 22.1. The fourth-order valence-electron chi connectivity index (χ4n) is 4.13. The number of thiazole rings is 1. The number of nitro benzene ring substituents is 1. The van der Waals surface area contributed by atoms with E-state index in [9.17, 15) is 15.2 Å². The number of likely N-dealkylation sites (tertiary alicyclic amines) is 1. The first-order chi connectivity index (χ1) is 12.9. The van der Waals surface area contributed by atoms with Crippen molar-refractivity contribution in [1.82, 2.24) is 19.5 Å². The van der Waals surface area contributed by atoms with E-state index in [2.05, 4.69) is 28.8 Å². The van der Waals surface area contributed by atoms with E-state index in [-0.39, 0.29) is 22.5 Å². The Balaban J connectivity index is 1.84. The zero-order chi connectivity index (χ0) is 19.1. The number of rotatable bonds is 4. The number of fused-ring (bicyclic) bond motifs is 1. The van der Waals surface area contributed by atoms with Crippen molar-refractivity contribution >= 4 is 22.0 Å². The molecule has 1 aliphatic heterocycles. The number of nitrogens with zero attached hydrogens (tertiary/aromatic N) is 5. The molecular weight excluding hydrogens is 366 g/mol. The molecule has 0 spiro atoms. The van der Waals surface area contributed by atoms with Gasteiger partial charge in [0.1, 0.15) is 6.33 Å². The minimum absolute atomic E-state index is 0.0505. The van der Waals surface area contributed by atoms with Gasteiger partial charge in [0.15, 0.2) is 0 Å². The molecule has 1 N–H and O–H groups in total. The Hall–Kier alpha value is -2.52. The van der Waals surface area contributed by atoms with Crippen LogP contribution in [0.1, 0.15) is 36.8 Å². The van der Waals surface area contributed by atoms with E-state index in [0.717, 1.165) is 25.1 Å². The molecule has 0 aliphatic carbocycles. The van der Waals surface area contributed by atoms with E-state index >= 15 is 0 Å². The first-order valence-electron chi connectivity index (χ1n) is 8.93. The molecule has 3 aromatic rings. The Labute approximate surface area is 160 Å². The topological polar surface area (TPSA) is 96.8 Å². The van der Waals surface area contributed by atoms with Gasteiger partial charge < -0.3 is 5.11 Å². The third-order valence-corrected chi connectivity index (χ3v) is 6.13. The fourth-order valence-corrected chi connectivity index (χ4v) is 5.22. The third-order valence-electron chi connectivity index (χ3n) is 5.05. The van der Waals surface area contributed by atoms with Gasteiger partial charge in [0.05, 0.1) is 15.8 Å². The van der Waals surface area contributed by atoms with E-state index in [1.54, 1.807) is 12.1 Å². The van der Waals surface area contributed by atoms with E-state index in [1.807, 2.05) is 6.07 Å². The summed E-state index contributed by atoms with van der Waals surface area (Å²) in [6.45, 7) is 6.17. The molecule has 27 heavy (non-hydrogen) atoms. The van der Waals surface area contributed by atoms with Crippen molar-refractivity contribution in [3.8, 4) is 5.88 Å². The van der Waals surface area contributed by atoms with Crippen LogP contribution in [0.2, 0.25) is 0 Å². The summed E-state index contributed by atoms with van der Waals surface area (Å²) in [5.74, 6) is 1.08. The Bertz CT molecular complexity index is 974. The van der Waals surface area contributed by atoms with Crippen molar-refractivity contribution in [3.05, 3.63) is 51.1 Å². The van der Waals surface area contributed by atoms with Gasteiger partial charge in [-0.3, -0.25) is 15.0 Å². The number of aromatic nitrogens is 3. The van der Waals surface area contributed by atoms with Crippen LogP contribution < -0.4 is 0 Å². The molecular formula is C18H21N5O3S. The lowest BCUT2D eigenvalue weighted by atomic mass is 9.89. The molecule has 1 saturated heterocycles. The van der Waals surface area contributed by atoms with Crippen molar-refractivity contribution in [2.75, 3.05) is 13.1 Å². The van der Waals surface area contributed by atoms with Gasteiger partial charge in [-0.2, -0.15) is 9.61 Å². The number of nitro groups is 1. The average molecular weight is 387 g/mol. The quantitative estimate of drug-likeness (QED) is 0.544. The Morgan fingerprint density at radius 2 is 2.07 bits per heavy atom. The van der Waals surface area contributed by atoms with E-state index in [0.29, 0.717) is 21.7 Å². The maximum atomic E-state index is 11.3. The Morgan fingerprint density at radius 3 is 2.74 bits per heavy atom. The van der Waals surface area contributed by atoms with Crippen LogP contribution >= 0.6 is 11.3 Å². The van der Waals surface area contributed by atoms with Crippen molar-refractivity contribution in [1.29, 1.82) is 0 Å². The highest BCUT2D eigenvalue weighted by Crippen LogP contribution is 2.42. The first-order valence-corrected chi connectivity index (χ1v) is 9.75. The second-order valence-electron chi connectivity index (χ2n) is 7.40. The van der Waals surface area contributed by atoms with E-state index < -0.39 is 0 Å². The molecule has 142 valence electrons. The summed E-state index contributed by atoms with van der Waals surface area (Å²) in [5, 5.41) is 26.1. The molecule has 3 heterocycles. The predicted molar refractivity (Wildman–Crippen MR) is 102 cm³/mol. The second kappa shape index (κ2) is 6.90. The molecule has 1 aromatic carbocycles. The summed E-state index contributed by atoms with van der Waals surface area (Å²) in [7, 11) is 0.